The second kappa shape index (κ2) is 7.87. The molecule has 0 aromatic heterocycles. The molecule has 0 atom stereocenters. The van der Waals surface area contributed by atoms with E-state index in [1.807, 2.05) is 36.4 Å². The summed E-state index contributed by atoms with van der Waals surface area (Å²) in [6.07, 6.45) is 1.55. The summed E-state index contributed by atoms with van der Waals surface area (Å²) in [5.74, 6) is 1.08. The number of hydrogen-bond acceptors (Lipinski definition) is 5. The number of para-hydroxylation sites is 2. The lowest BCUT2D eigenvalue weighted by Crippen LogP contribution is -2.35. The highest BCUT2D eigenvalue weighted by Crippen LogP contribution is 2.33. The van der Waals surface area contributed by atoms with Crippen LogP contribution in [-0.2, 0) is 16.2 Å². The maximum absolute atomic E-state index is 12.8. The van der Waals surface area contributed by atoms with E-state index < -0.39 is 11.8 Å². The van der Waals surface area contributed by atoms with Crippen LogP contribution in [0.25, 0.3) is 6.08 Å². The molecule has 0 radical (unpaired) electrons. The van der Waals surface area contributed by atoms with Crippen molar-refractivity contribution in [1.82, 2.24) is 5.43 Å². The molecule has 1 N–H and O–H groups in total. The van der Waals surface area contributed by atoms with E-state index in [0.717, 1.165) is 5.56 Å². The van der Waals surface area contributed by atoms with Crippen molar-refractivity contribution >= 4 is 23.6 Å². The molecule has 2 amide bonds. The van der Waals surface area contributed by atoms with Gasteiger partial charge >= 0.3 is 0 Å². The number of anilines is 1. The number of carbonyl (C=O) groups excluding carboxylic acids is 2. The smallest absolute Gasteiger partial charge is 0.282 e. The zero-order chi connectivity index (χ0) is 21.2. The van der Waals surface area contributed by atoms with Crippen molar-refractivity contribution in [3.8, 4) is 17.2 Å². The van der Waals surface area contributed by atoms with E-state index in [-0.39, 0.29) is 12.4 Å². The number of ether oxygens (including phenoxy) is 3. The number of benzene rings is 3. The first-order valence-electron chi connectivity index (χ1n) is 9.71. The van der Waals surface area contributed by atoms with Gasteiger partial charge in [0.2, 0.25) is 6.79 Å². The van der Waals surface area contributed by atoms with Crippen molar-refractivity contribution in [2.75, 3.05) is 11.8 Å². The first kappa shape index (κ1) is 18.7. The van der Waals surface area contributed by atoms with E-state index in [4.69, 9.17) is 14.2 Å². The Morgan fingerprint density at radius 3 is 2.58 bits per heavy atom. The third-order valence-electron chi connectivity index (χ3n) is 4.96. The molecule has 0 bridgehead atoms. The topological polar surface area (TPSA) is 77.1 Å². The molecule has 0 unspecified atom stereocenters. The van der Waals surface area contributed by atoms with Crippen molar-refractivity contribution in [3.63, 3.8) is 0 Å². The van der Waals surface area contributed by atoms with E-state index in [1.165, 1.54) is 5.01 Å². The van der Waals surface area contributed by atoms with Crippen molar-refractivity contribution in [2.24, 2.45) is 0 Å². The Balaban J connectivity index is 1.37. The molecular formula is C24H18N2O5. The lowest BCUT2D eigenvalue weighted by molar-refractivity contribution is -0.117. The Morgan fingerprint density at radius 1 is 0.935 bits per heavy atom. The number of carbonyl (C=O) groups is 2. The van der Waals surface area contributed by atoms with Gasteiger partial charge in [-0.25, -0.2) is 5.01 Å². The van der Waals surface area contributed by atoms with Gasteiger partial charge in [0.25, 0.3) is 11.8 Å². The average Bonchev–Trinajstić information content (AvgIpc) is 3.38. The minimum absolute atomic E-state index is 0.0444. The highest BCUT2D eigenvalue weighted by Gasteiger charge is 2.34. The largest absolute Gasteiger partial charge is 0.488 e. The Morgan fingerprint density at radius 2 is 1.71 bits per heavy atom. The third kappa shape index (κ3) is 3.69. The second-order valence-electron chi connectivity index (χ2n) is 6.99. The average molecular weight is 414 g/mol. The molecule has 7 heteroatoms. The van der Waals surface area contributed by atoms with E-state index in [9.17, 15) is 9.59 Å². The summed E-state index contributed by atoms with van der Waals surface area (Å²) in [6, 6.07) is 21.8. The molecular weight excluding hydrogens is 396 g/mol. The molecule has 154 valence electrons. The summed E-state index contributed by atoms with van der Waals surface area (Å²) in [6.45, 7) is 0.513. The first-order valence-corrected chi connectivity index (χ1v) is 9.71. The van der Waals surface area contributed by atoms with Gasteiger partial charge in [-0.2, -0.15) is 0 Å². The van der Waals surface area contributed by atoms with Crippen molar-refractivity contribution in [2.45, 2.75) is 6.61 Å². The molecule has 3 aromatic rings. The number of hydrazine groups is 1. The molecule has 1 fully saturated rings. The molecule has 0 aliphatic carbocycles. The summed E-state index contributed by atoms with van der Waals surface area (Å²) in [4.78, 5) is 25.3. The van der Waals surface area contributed by atoms with Crippen LogP contribution in [0, 0.1) is 0 Å². The lowest BCUT2D eigenvalue weighted by atomic mass is 10.1. The number of fused-ring (bicyclic) bond motifs is 1. The van der Waals surface area contributed by atoms with Crippen LogP contribution >= 0.6 is 0 Å². The van der Waals surface area contributed by atoms with Crippen LogP contribution in [0.2, 0.25) is 0 Å². The van der Waals surface area contributed by atoms with Crippen molar-refractivity contribution in [1.29, 1.82) is 0 Å². The van der Waals surface area contributed by atoms with Crippen LogP contribution in [0.15, 0.2) is 78.4 Å². The molecule has 0 saturated carbocycles. The standard InChI is InChI=1S/C24H18N2O5/c27-23-19(24(28)26(25-23)18-7-2-1-3-8-18)13-17-6-4-5-9-20(17)29-14-16-10-11-21-22(12-16)31-15-30-21/h1-13H,14-15H2,(H,25,27)/b19-13-. The molecule has 3 aromatic carbocycles. The van der Waals surface area contributed by atoms with Gasteiger partial charge in [0.15, 0.2) is 11.5 Å². The molecule has 2 aliphatic rings. The maximum atomic E-state index is 12.8. The SMILES string of the molecule is O=C1NN(c2ccccc2)C(=O)/C1=C\c1ccccc1OCc1ccc2c(c1)OCO2. The number of rotatable bonds is 5. The molecule has 7 nitrogen and oxygen atoms in total. The Bertz CT molecular complexity index is 1190. The predicted octanol–water partition coefficient (Wildman–Crippen LogP) is 3.46. The van der Waals surface area contributed by atoms with Gasteiger partial charge in [0.05, 0.1) is 5.69 Å². The normalized spacial score (nSPS) is 16.0. The summed E-state index contributed by atoms with van der Waals surface area (Å²) in [7, 11) is 0. The summed E-state index contributed by atoms with van der Waals surface area (Å²) < 4.78 is 16.7. The van der Waals surface area contributed by atoms with E-state index in [2.05, 4.69) is 5.43 Å². The summed E-state index contributed by atoms with van der Waals surface area (Å²) in [5.41, 5.74) is 4.79. The summed E-state index contributed by atoms with van der Waals surface area (Å²) in [5, 5.41) is 1.24. The second-order valence-corrected chi connectivity index (χ2v) is 6.99. The Kier molecular flexibility index (Phi) is 4.76. The number of amides is 2. The number of nitrogens with one attached hydrogen (secondary N) is 1. The fraction of sp³-hybridized carbons (Fsp3) is 0.0833. The van der Waals surface area contributed by atoms with E-state index in [0.29, 0.717) is 35.1 Å². The van der Waals surface area contributed by atoms with Crippen LogP contribution in [-0.4, -0.2) is 18.6 Å². The summed E-state index contributed by atoms with van der Waals surface area (Å²) >= 11 is 0. The van der Waals surface area contributed by atoms with Crippen molar-refractivity contribution < 1.29 is 23.8 Å². The van der Waals surface area contributed by atoms with Crippen LogP contribution in [0.3, 0.4) is 0 Å². The van der Waals surface area contributed by atoms with Crippen LogP contribution < -0.4 is 24.6 Å². The lowest BCUT2D eigenvalue weighted by Gasteiger charge is -2.14. The Hall–Kier alpha value is -4.26. The van der Waals surface area contributed by atoms with E-state index >= 15 is 0 Å². The van der Waals surface area contributed by atoms with Crippen molar-refractivity contribution in [3.05, 3.63) is 89.5 Å². The minimum Gasteiger partial charge on any atom is -0.488 e. The molecule has 5 rings (SSSR count). The molecule has 2 heterocycles. The molecule has 31 heavy (non-hydrogen) atoms. The first-order chi connectivity index (χ1) is 15.2. The zero-order valence-electron chi connectivity index (χ0n) is 16.4. The van der Waals surface area contributed by atoms with Gasteiger partial charge in [0.1, 0.15) is 17.9 Å². The van der Waals surface area contributed by atoms with Crippen LogP contribution in [0.1, 0.15) is 11.1 Å². The monoisotopic (exact) mass is 414 g/mol. The number of nitrogens with zero attached hydrogens (tertiary/aromatic N) is 1. The van der Waals surface area contributed by atoms with Gasteiger partial charge in [-0.05, 0) is 42.0 Å². The highest BCUT2D eigenvalue weighted by atomic mass is 16.7. The predicted molar refractivity (Wildman–Crippen MR) is 113 cm³/mol. The molecule has 1 saturated heterocycles. The molecule has 0 spiro atoms. The fourth-order valence-electron chi connectivity index (χ4n) is 3.39. The zero-order valence-corrected chi connectivity index (χ0v) is 16.4. The van der Waals surface area contributed by atoms with E-state index in [1.54, 1.807) is 42.5 Å². The number of hydrogen-bond donors (Lipinski definition) is 1. The van der Waals surface area contributed by atoms with Gasteiger partial charge in [-0.1, -0.05) is 42.5 Å². The van der Waals surface area contributed by atoms with Crippen LogP contribution in [0.5, 0.6) is 17.2 Å². The highest BCUT2D eigenvalue weighted by molar-refractivity contribution is 6.31. The minimum atomic E-state index is -0.459. The maximum Gasteiger partial charge on any atom is 0.282 e. The van der Waals surface area contributed by atoms with Gasteiger partial charge in [-0.15, -0.1) is 0 Å². The Labute approximate surface area is 178 Å². The van der Waals surface area contributed by atoms with Gasteiger partial charge < -0.3 is 14.2 Å². The van der Waals surface area contributed by atoms with Crippen LogP contribution in [0.4, 0.5) is 5.69 Å². The third-order valence-corrected chi connectivity index (χ3v) is 4.96. The fourth-order valence-corrected chi connectivity index (χ4v) is 3.39. The quantitative estimate of drug-likeness (QED) is 0.511. The molecule has 2 aliphatic heterocycles. The van der Waals surface area contributed by atoms with Gasteiger partial charge in [0, 0.05) is 5.56 Å². The van der Waals surface area contributed by atoms with Gasteiger partial charge in [-0.3, -0.25) is 15.0 Å².